The van der Waals surface area contributed by atoms with Gasteiger partial charge in [-0.3, -0.25) is 4.79 Å². The van der Waals surface area contributed by atoms with Gasteiger partial charge >= 0.3 is 5.97 Å². The molecular weight excluding hydrogens is 208 g/mol. The molecule has 16 heavy (non-hydrogen) atoms. The van der Waals surface area contributed by atoms with Crippen molar-refractivity contribution in [3.63, 3.8) is 0 Å². The molecule has 2 aliphatic rings. The fourth-order valence-corrected chi connectivity index (χ4v) is 2.58. The third-order valence-electron chi connectivity index (χ3n) is 3.44. The van der Waals surface area contributed by atoms with Gasteiger partial charge in [0.25, 0.3) is 0 Å². The van der Waals surface area contributed by atoms with E-state index >= 15 is 0 Å². The molecular formula is C11H18N2O3. The summed E-state index contributed by atoms with van der Waals surface area (Å²) in [7, 11) is 0. The summed E-state index contributed by atoms with van der Waals surface area (Å²) in [5.74, 6) is -0.880. The van der Waals surface area contributed by atoms with Crippen LogP contribution >= 0.6 is 0 Å². The molecule has 2 N–H and O–H groups in total. The van der Waals surface area contributed by atoms with Crippen molar-refractivity contribution in [2.45, 2.75) is 44.2 Å². The molecule has 0 aromatic heterocycles. The molecule has 0 spiro atoms. The maximum atomic E-state index is 11.9. The van der Waals surface area contributed by atoms with E-state index in [1.54, 1.807) is 0 Å². The first-order chi connectivity index (χ1) is 7.68. The number of rotatable bonds is 3. The van der Waals surface area contributed by atoms with Crippen LogP contribution in [0.2, 0.25) is 0 Å². The molecule has 0 saturated carbocycles. The van der Waals surface area contributed by atoms with Crippen LogP contribution in [0.25, 0.3) is 0 Å². The fraction of sp³-hybridized carbons (Fsp3) is 0.818. The number of carbonyl (C=O) groups is 2. The van der Waals surface area contributed by atoms with Crippen LogP contribution in [-0.2, 0) is 9.59 Å². The van der Waals surface area contributed by atoms with Gasteiger partial charge in [0.15, 0.2) is 0 Å². The van der Waals surface area contributed by atoms with E-state index in [1.165, 1.54) is 4.90 Å². The van der Waals surface area contributed by atoms with E-state index in [-0.39, 0.29) is 11.9 Å². The van der Waals surface area contributed by atoms with Crippen molar-refractivity contribution in [3.05, 3.63) is 0 Å². The highest BCUT2D eigenvalue weighted by atomic mass is 16.4. The van der Waals surface area contributed by atoms with E-state index in [9.17, 15) is 9.59 Å². The van der Waals surface area contributed by atoms with Crippen molar-refractivity contribution < 1.29 is 14.7 Å². The number of carbonyl (C=O) groups excluding carboxylic acids is 1. The Labute approximate surface area is 94.8 Å². The van der Waals surface area contributed by atoms with Crippen molar-refractivity contribution in [1.82, 2.24) is 10.2 Å². The van der Waals surface area contributed by atoms with Gasteiger partial charge in [-0.25, -0.2) is 4.79 Å². The predicted molar refractivity (Wildman–Crippen MR) is 58.0 cm³/mol. The molecule has 1 unspecified atom stereocenters. The summed E-state index contributed by atoms with van der Waals surface area (Å²) in [6, 6.07) is -0.337. The number of aliphatic carboxylic acids is 1. The molecule has 2 heterocycles. The molecule has 2 rings (SSSR count). The van der Waals surface area contributed by atoms with Crippen LogP contribution in [0.5, 0.6) is 0 Å². The summed E-state index contributed by atoms with van der Waals surface area (Å²) >= 11 is 0. The van der Waals surface area contributed by atoms with Gasteiger partial charge in [-0.2, -0.15) is 0 Å². The van der Waals surface area contributed by atoms with Crippen molar-refractivity contribution >= 4 is 11.9 Å². The number of carboxylic acids is 1. The van der Waals surface area contributed by atoms with Gasteiger partial charge in [-0.15, -0.1) is 0 Å². The fourth-order valence-electron chi connectivity index (χ4n) is 2.58. The number of amides is 1. The third-order valence-corrected chi connectivity index (χ3v) is 3.44. The summed E-state index contributed by atoms with van der Waals surface area (Å²) in [5, 5.41) is 12.2. The van der Waals surface area contributed by atoms with Gasteiger partial charge in [0.05, 0.1) is 0 Å². The lowest BCUT2D eigenvalue weighted by Gasteiger charge is -2.23. The lowest BCUT2D eigenvalue weighted by molar-refractivity contribution is -0.148. The molecule has 1 amide bonds. The number of carboxylic acid groups (broad SMARTS) is 1. The van der Waals surface area contributed by atoms with Crippen LogP contribution in [-0.4, -0.2) is 47.1 Å². The third kappa shape index (κ3) is 2.35. The lowest BCUT2D eigenvalue weighted by Crippen LogP contribution is -2.42. The van der Waals surface area contributed by atoms with Crippen LogP contribution in [0.1, 0.15) is 32.1 Å². The van der Waals surface area contributed by atoms with Gasteiger partial charge in [-0.1, -0.05) is 0 Å². The lowest BCUT2D eigenvalue weighted by atomic mass is 10.1. The van der Waals surface area contributed by atoms with Crippen molar-refractivity contribution in [2.24, 2.45) is 0 Å². The van der Waals surface area contributed by atoms with Crippen LogP contribution in [0.15, 0.2) is 0 Å². The largest absolute Gasteiger partial charge is 0.480 e. The van der Waals surface area contributed by atoms with Crippen molar-refractivity contribution in [1.29, 1.82) is 0 Å². The molecule has 0 bridgehead atoms. The summed E-state index contributed by atoms with van der Waals surface area (Å²) in [4.78, 5) is 24.4. The number of nitrogens with zero attached hydrogens (tertiary/aromatic N) is 1. The maximum Gasteiger partial charge on any atom is 0.326 e. The molecule has 2 atom stereocenters. The van der Waals surface area contributed by atoms with Gasteiger partial charge in [0.2, 0.25) is 5.91 Å². The van der Waals surface area contributed by atoms with Crippen LogP contribution in [0.3, 0.4) is 0 Å². The van der Waals surface area contributed by atoms with E-state index in [0.717, 1.165) is 25.8 Å². The Hall–Kier alpha value is -1.10. The minimum absolute atomic E-state index is 0.00991. The average Bonchev–Trinajstić information content (AvgIpc) is 2.86. The maximum absolute atomic E-state index is 11.9. The first-order valence-corrected chi connectivity index (χ1v) is 5.94. The molecule has 0 aromatic rings. The number of likely N-dealkylation sites (tertiary alicyclic amines) is 1. The first-order valence-electron chi connectivity index (χ1n) is 5.94. The standard InChI is InChI=1S/C11H18N2O3/c14-10(7-8-3-1-5-12-8)13-6-2-4-9(13)11(15)16/h8-9,12H,1-7H2,(H,15,16)/t8?,9-/m0/s1. The Balaban J connectivity index is 1.90. The second kappa shape index (κ2) is 4.82. The van der Waals surface area contributed by atoms with E-state index in [0.29, 0.717) is 19.4 Å². The van der Waals surface area contributed by atoms with Crippen molar-refractivity contribution in [2.75, 3.05) is 13.1 Å². The average molecular weight is 226 g/mol. The first kappa shape index (κ1) is 11.4. The normalized spacial score (nSPS) is 29.6. The van der Waals surface area contributed by atoms with Gasteiger partial charge in [-0.05, 0) is 32.2 Å². The SMILES string of the molecule is O=C(O)[C@@H]1CCCN1C(=O)CC1CCCN1. The summed E-state index contributed by atoms with van der Waals surface area (Å²) in [6.07, 6.45) is 3.99. The zero-order valence-electron chi connectivity index (χ0n) is 9.32. The van der Waals surface area contributed by atoms with Gasteiger partial charge in [0, 0.05) is 19.0 Å². The monoisotopic (exact) mass is 226 g/mol. The summed E-state index contributed by atoms with van der Waals surface area (Å²) < 4.78 is 0. The van der Waals surface area contributed by atoms with E-state index in [1.807, 2.05) is 0 Å². The van der Waals surface area contributed by atoms with Crippen LogP contribution < -0.4 is 5.32 Å². The summed E-state index contributed by atoms with van der Waals surface area (Å²) in [6.45, 7) is 1.57. The number of hydrogen-bond donors (Lipinski definition) is 2. The Bertz CT molecular complexity index is 287. The Morgan fingerprint density at radius 3 is 2.75 bits per heavy atom. The Kier molecular flexibility index (Phi) is 3.43. The molecule has 2 saturated heterocycles. The molecule has 2 aliphatic heterocycles. The molecule has 5 heteroatoms. The van der Waals surface area contributed by atoms with Gasteiger partial charge < -0.3 is 15.3 Å². The molecule has 0 aliphatic carbocycles. The molecule has 5 nitrogen and oxygen atoms in total. The highest BCUT2D eigenvalue weighted by Crippen LogP contribution is 2.20. The highest BCUT2D eigenvalue weighted by molar-refractivity contribution is 5.84. The number of nitrogens with one attached hydrogen (secondary N) is 1. The van der Waals surface area contributed by atoms with Crippen LogP contribution in [0, 0.1) is 0 Å². The van der Waals surface area contributed by atoms with E-state index in [2.05, 4.69) is 5.32 Å². The predicted octanol–water partition coefficient (Wildman–Crippen LogP) is 0.204. The van der Waals surface area contributed by atoms with Crippen molar-refractivity contribution in [3.8, 4) is 0 Å². The smallest absolute Gasteiger partial charge is 0.326 e. The topological polar surface area (TPSA) is 69.6 Å². The van der Waals surface area contributed by atoms with Gasteiger partial charge in [0.1, 0.15) is 6.04 Å². The second-order valence-corrected chi connectivity index (χ2v) is 4.58. The molecule has 0 aromatic carbocycles. The minimum atomic E-state index is -0.870. The Morgan fingerprint density at radius 1 is 1.31 bits per heavy atom. The molecule has 90 valence electrons. The molecule has 0 radical (unpaired) electrons. The Morgan fingerprint density at radius 2 is 2.12 bits per heavy atom. The highest BCUT2D eigenvalue weighted by Gasteiger charge is 2.34. The zero-order chi connectivity index (χ0) is 11.5. The van der Waals surface area contributed by atoms with E-state index < -0.39 is 12.0 Å². The quantitative estimate of drug-likeness (QED) is 0.721. The number of hydrogen-bond acceptors (Lipinski definition) is 3. The summed E-state index contributed by atoms with van der Waals surface area (Å²) in [5.41, 5.74) is 0. The van der Waals surface area contributed by atoms with Crippen LogP contribution in [0.4, 0.5) is 0 Å². The van der Waals surface area contributed by atoms with E-state index in [4.69, 9.17) is 5.11 Å². The second-order valence-electron chi connectivity index (χ2n) is 4.58. The molecule has 2 fully saturated rings. The minimum Gasteiger partial charge on any atom is -0.480 e. The zero-order valence-corrected chi connectivity index (χ0v) is 9.32.